The van der Waals surface area contributed by atoms with Crippen molar-refractivity contribution in [1.82, 2.24) is 9.97 Å². The number of furan rings is 1. The predicted molar refractivity (Wildman–Crippen MR) is 173 cm³/mol. The fourth-order valence-electron chi connectivity index (χ4n) is 5.33. The third-order valence-electron chi connectivity index (χ3n) is 7.37. The van der Waals surface area contributed by atoms with Gasteiger partial charge in [0.15, 0.2) is 28.9 Å². The number of aryl methyl sites for hydroxylation is 2. The minimum atomic E-state index is -0.975. The topological polar surface area (TPSA) is 151 Å². The Kier molecular flexibility index (Phi) is 9.69. The lowest BCUT2D eigenvalue weighted by molar-refractivity contribution is 0.0999. The van der Waals surface area contributed by atoms with Crippen LogP contribution in [0.25, 0.3) is 22.3 Å². The summed E-state index contributed by atoms with van der Waals surface area (Å²) < 4.78 is 52.7. The van der Waals surface area contributed by atoms with Gasteiger partial charge in [0.1, 0.15) is 11.6 Å². The van der Waals surface area contributed by atoms with E-state index in [-0.39, 0.29) is 53.0 Å². The van der Waals surface area contributed by atoms with Crippen LogP contribution in [-0.2, 0) is 30.5 Å². The first-order valence-corrected chi connectivity index (χ1v) is 14.9. The molecular weight excluding hydrogens is 609 g/mol. The quantitative estimate of drug-likeness (QED) is 0.0874. The number of carbonyl (C=O) groups excluding carboxylic acids is 1. The first-order valence-electron chi connectivity index (χ1n) is 14.9. The summed E-state index contributed by atoms with van der Waals surface area (Å²) in [6, 6.07) is 13.0. The first kappa shape index (κ1) is 32.9. The molecule has 9 nitrogen and oxygen atoms in total. The van der Waals surface area contributed by atoms with Crippen LogP contribution in [0.15, 0.2) is 65.2 Å². The highest BCUT2D eigenvalue weighted by atomic mass is 19.2. The van der Waals surface area contributed by atoms with Gasteiger partial charge in [-0.05, 0) is 72.7 Å². The monoisotopic (exact) mass is 642 g/mol. The Morgan fingerprint density at radius 2 is 1.68 bits per heavy atom. The Hall–Kier alpha value is -5.52. The van der Waals surface area contributed by atoms with Gasteiger partial charge in [-0.25, -0.2) is 18.2 Å². The number of rotatable bonds is 11. The van der Waals surface area contributed by atoms with Gasteiger partial charge in [0.25, 0.3) is 5.91 Å². The summed E-state index contributed by atoms with van der Waals surface area (Å²) in [5.41, 5.74) is 8.79. The Morgan fingerprint density at radius 1 is 0.957 bits per heavy atom. The highest BCUT2D eigenvalue weighted by Gasteiger charge is 2.30. The van der Waals surface area contributed by atoms with Crippen LogP contribution in [0.3, 0.4) is 0 Å². The molecule has 47 heavy (non-hydrogen) atoms. The summed E-state index contributed by atoms with van der Waals surface area (Å²) in [6.07, 6.45) is 2.63. The highest BCUT2D eigenvalue weighted by molar-refractivity contribution is 6.11. The lowest BCUT2D eigenvalue weighted by atomic mass is 9.90. The van der Waals surface area contributed by atoms with Gasteiger partial charge in [-0.2, -0.15) is 0 Å². The number of ether oxygens (including phenoxy) is 1. The van der Waals surface area contributed by atoms with Crippen LogP contribution in [0.2, 0.25) is 0 Å². The minimum Gasteiger partial charge on any atom is -0.452 e. The molecule has 1 amide bonds. The molecule has 0 unspecified atom stereocenters. The van der Waals surface area contributed by atoms with Crippen LogP contribution in [-0.4, -0.2) is 27.7 Å². The van der Waals surface area contributed by atoms with Crippen LogP contribution in [0, 0.1) is 34.2 Å². The second-order valence-corrected chi connectivity index (χ2v) is 11.5. The molecule has 0 saturated carbocycles. The lowest BCUT2D eigenvalue weighted by Gasteiger charge is -2.20. The maximum absolute atomic E-state index is 13.8. The van der Waals surface area contributed by atoms with Crippen molar-refractivity contribution >= 4 is 34.5 Å². The summed E-state index contributed by atoms with van der Waals surface area (Å²) in [6.45, 7) is 5.43. The smallest absolute Gasteiger partial charge is 0.251 e. The molecule has 0 aliphatic carbocycles. The van der Waals surface area contributed by atoms with E-state index in [1.807, 2.05) is 13.8 Å². The van der Waals surface area contributed by atoms with Gasteiger partial charge in [-0.15, -0.1) is 0 Å². The number of halogens is 3. The van der Waals surface area contributed by atoms with Gasteiger partial charge < -0.3 is 20.2 Å². The molecule has 5 rings (SSSR count). The average Bonchev–Trinajstić information content (AvgIpc) is 3.45. The third-order valence-corrected chi connectivity index (χ3v) is 7.37. The van der Waals surface area contributed by atoms with Gasteiger partial charge in [0.05, 0.1) is 22.5 Å². The van der Waals surface area contributed by atoms with Crippen molar-refractivity contribution in [2.24, 2.45) is 11.7 Å². The molecule has 2 aromatic carbocycles. The average molecular weight is 643 g/mol. The molecule has 5 N–H and O–H groups in total. The van der Waals surface area contributed by atoms with Gasteiger partial charge in [0.2, 0.25) is 5.90 Å². The standard InChI is InChI=1S/C35H33F3N6O3/c1-18(2)14-27-29(33(40)45)31(30(34(41)46-19(3)39)26(44-27)11-7-20-4-8-23(36)9-5-20)28-16-22-12-13-42-35(32(22)47-28)43-17-21-6-10-24(37)25(38)15-21/h4-6,8-10,12-13,15-16,18,39,41H,7,11,14,17H2,1-3H3,(H2,40,45)(H,42,43). The van der Waals surface area contributed by atoms with E-state index in [1.54, 1.807) is 30.5 Å². The summed E-state index contributed by atoms with van der Waals surface area (Å²) in [7, 11) is 0. The molecule has 3 heterocycles. The van der Waals surface area contributed by atoms with Gasteiger partial charge in [-0.1, -0.05) is 32.0 Å². The van der Waals surface area contributed by atoms with E-state index < -0.39 is 23.4 Å². The van der Waals surface area contributed by atoms with Crippen LogP contribution >= 0.6 is 0 Å². The summed E-state index contributed by atoms with van der Waals surface area (Å²) in [5.74, 6) is -3.21. The van der Waals surface area contributed by atoms with E-state index in [0.29, 0.717) is 46.6 Å². The molecule has 0 atom stereocenters. The number of carbonyl (C=O) groups is 1. The number of fused-ring (bicyclic) bond motifs is 1. The second kappa shape index (κ2) is 13.9. The molecule has 0 spiro atoms. The van der Waals surface area contributed by atoms with Crippen molar-refractivity contribution in [2.75, 3.05) is 5.32 Å². The molecule has 3 aromatic heterocycles. The predicted octanol–water partition coefficient (Wildman–Crippen LogP) is 7.34. The molecular formula is C35H33F3N6O3. The molecule has 242 valence electrons. The fraction of sp³-hybridized carbons (Fsp3) is 0.229. The van der Waals surface area contributed by atoms with E-state index in [4.69, 9.17) is 30.7 Å². The van der Waals surface area contributed by atoms with Crippen LogP contribution in [0.1, 0.15) is 59.2 Å². The summed E-state index contributed by atoms with van der Waals surface area (Å²) >= 11 is 0. The molecule has 0 aliphatic heterocycles. The number of hydrogen-bond acceptors (Lipinski definition) is 8. The minimum absolute atomic E-state index is 0.0542. The third kappa shape index (κ3) is 7.49. The Labute approximate surface area is 269 Å². The van der Waals surface area contributed by atoms with Crippen molar-refractivity contribution in [1.29, 1.82) is 10.8 Å². The number of aromatic nitrogens is 2. The number of benzene rings is 2. The van der Waals surface area contributed by atoms with Crippen molar-refractivity contribution in [3.05, 3.63) is 112 Å². The number of hydrogen-bond donors (Lipinski definition) is 4. The van der Waals surface area contributed by atoms with E-state index in [0.717, 1.165) is 17.7 Å². The zero-order chi connectivity index (χ0) is 33.8. The number of nitrogens with one attached hydrogen (secondary N) is 3. The summed E-state index contributed by atoms with van der Waals surface area (Å²) in [4.78, 5) is 22.4. The molecule has 0 fully saturated rings. The molecule has 5 aromatic rings. The van der Waals surface area contributed by atoms with E-state index in [2.05, 4.69) is 10.3 Å². The van der Waals surface area contributed by atoms with Crippen LogP contribution < -0.4 is 11.1 Å². The SMILES string of the molecule is CC(=N)OC(=N)c1c(CCc2ccc(F)cc2)nc(CC(C)C)c(C(N)=O)c1-c1cc2ccnc(NCc3ccc(F)c(F)c3)c2o1. The van der Waals surface area contributed by atoms with Gasteiger partial charge in [0, 0.05) is 30.6 Å². The van der Waals surface area contributed by atoms with Crippen molar-refractivity contribution < 1.29 is 27.1 Å². The maximum Gasteiger partial charge on any atom is 0.251 e. The molecule has 0 aliphatic rings. The van der Waals surface area contributed by atoms with Crippen LogP contribution in [0.4, 0.5) is 19.0 Å². The zero-order valence-corrected chi connectivity index (χ0v) is 26.0. The molecule has 12 heteroatoms. The van der Waals surface area contributed by atoms with Crippen LogP contribution in [0.5, 0.6) is 0 Å². The molecule has 0 radical (unpaired) electrons. The molecule has 0 bridgehead atoms. The Morgan fingerprint density at radius 3 is 2.34 bits per heavy atom. The van der Waals surface area contributed by atoms with Gasteiger partial charge in [-0.3, -0.25) is 20.6 Å². The number of amides is 1. The van der Waals surface area contributed by atoms with Crippen molar-refractivity contribution in [2.45, 2.75) is 46.6 Å². The number of pyridine rings is 2. The number of primary amides is 1. The summed E-state index contributed by atoms with van der Waals surface area (Å²) in [5, 5.41) is 20.5. The number of anilines is 1. The Balaban J connectivity index is 1.68. The highest BCUT2D eigenvalue weighted by Crippen LogP contribution is 2.38. The largest absolute Gasteiger partial charge is 0.452 e. The second-order valence-electron chi connectivity index (χ2n) is 11.5. The van der Waals surface area contributed by atoms with Crippen molar-refractivity contribution in [3.63, 3.8) is 0 Å². The molecule has 0 saturated heterocycles. The zero-order valence-electron chi connectivity index (χ0n) is 26.0. The maximum atomic E-state index is 13.8. The van der Waals surface area contributed by atoms with E-state index >= 15 is 0 Å². The Bertz CT molecular complexity index is 1990. The van der Waals surface area contributed by atoms with E-state index in [9.17, 15) is 18.0 Å². The number of nitrogens with two attached hydrogens (primary N) is 1. The van der Waals surface area contributed by atoms with Crippen molar-refractivity contribution in [3.8, 4) is 11.3 Å². The van der Waals surface area contributed by atoms with E-state index in [1.165, 1.54) is 25.1 Å². The van der Waals surface area contributed by atoms with Gasteiger partial charge >= 0.3 is 0 Å². The first-order chi connectivity index (χ1) is 22.4. The number of nitrogens with zero attached hydrogens (tertiary/aromatic N) is 2. The lowest BCUT2D eigenvalue weighted by Crippen LogP contribution is -2.23. The fourth-order valence-corrected chi connectivity index (χ4v) is 5.33. The normalized spacial score (nSPS) is 11.2.